The quantitative estimate of drug-likeness (QED) is 0.722. The number of para-hydroxylation sites is 1. The zero-order valence-corrected chi connectivity index (χ0v) is 17.8. The van der Waals surface area contributed by atoms with E-state index in [0.717, 1.165) is 24.3 Å². The lowest BCUT2D eigenvalue weighted by Gasteiger charge is -2.56. The first kappa shape index (κ1) is 20.2. The highest BCUT2D eigenvalue weighted by Gasteiger charge is 2.50. The molecule has 0 aliphatic heterocycles. The Bertz CT molecular complexity index is 744. The number of carbonyl (C=O) groups is 2. The van der Waals surface area contributed by atoms with Gasteiger partial charge in [-0.25, -0.2) is 4.79 Å². The number of benzene rings is 1. The molecule has 1 amide bonds. The fourth-order valence-electron chi connectivity index (χ4n) is 6.16. The summed E-state index contributed by atoms with van der Waals surface area (Å²) in [6, 6.07) is 7.10. The van der Waals surface area contributed by atoms with Gasteiger partial charge < -0.3 is 14.8 Å². The van der Waals surface area contributed by atoms with Gasteiger partial charge in [-0.3, -0.25) is 4.79 Å². The first-order valence-electron chi connectivity index (χ1n) is 10.9. The van der Waals surface area contributed by atoms with Gasteiger partial charge in [0.25, 0.3) is 5.91 Å². The molecule has 4 saturated carbocycles. The van der Waals surface area contributed by atoms with Crippen LogP contribution in [-0.4, -0.2) is 30.6 Å². The Morgan fingerprint density at radius 1 is 1.03 bits per heavy atom. The molecular formula is C24H33NO4. The van der Waals surface area contributed by atoms with Gasteiger partial charge >= 0.3 is 5.97 Å². The van der Waals surface area contributed by atoms with Crippen molar-refractivity contribution in [2.45, 2.75) is 64.9 Å². The van der Waals surface area contributed by atoms with Crippen LogP contribution in [-0.2, 0) is 9.53 Å². The third kappa shape index (κ3) is 4.76. The van der Waals surface area contributed by atoms with Crippen molar-refractivity contribution in [1.29, 1.82) is 0 Å². The Morgan fingerprint density at radius 2 is 1.62 bits per heavy atom. The van der Waals surface area contributed by atoms with Gasteiger partial charge in [-0.1, -0.05) is 12.1 Å². The Kier molecular flexibility index (Phi) is 5.34. The summed E-state index contributed by atoms with van der Waals surface area (Å²) >= 11 is 0. The number of esters is 1. The smallest absolute Gasteiger partial charge is 0.344 e. The van der Waals surface area contributed by atoms with Crippen LogP contribution in [0, 0.1) is 23.2 Å². The molecule has 4 fully saturated rings. The summed E-state index contributed by atoms with van der Waals surface area (Å²) in [5, 5.41) is 3.19. The van der Waals surface area contributed by atoms with Crippen molar-refractivity contribution >= 4 is 11.9 Å². The van der Waals surface area contributed by atoms with Gasteiger partial charge in [0.05, 0.1) is 5.56 Å². The maximum Gasteiger partial charge on any atom is 0.344 e. The summed E-state index contributed by atoms with van der Waals surface area (Å²) in [6.07, 6.45) is 7.97. The van der Waals surface area contributed by atoms with E-state index >= 15 is 0 Å². The molecule has 1 aromatic rings. The van der Waals surface area contributed by atoms with Crippen molar-refractivity contribution in [2.75, 3.05) is 13.2 Å². The monoisotopic (exact) mass is 399 g/mol. The lowest BCUT2D eigenvalue weighted by Crippen LogP contribution is -2.51. The van der Waals surface area contributed by atoms with Crippen molar-refractivity contribution in [3.8, 4) is 5.75 Å². The molecule has 0 aromatic heterocycles. The molecule has 5 rings (SSSR count). The van der Waals surface area contributed by atoms with Crippen LogP contribution in [0.2, 0.25) is 0 Å². The maximum absolute atomic E-state index is 12.9. The van der Waals surface area contributed by atoms with Crippen LogP contribution in [0.25, 0.3) is 0 Å². The summed E-state index contributed by atoms with van der Waals surface area (Å²) in [7, 11) is 0. The molecule has 5 nitrogen and oxygen atoms in total. The van der Waals surface area contributed by atoms with Gasteiger partial charge in [0, 0.05) is 6.54 Å². The van der Waals surface area contributed by atoms with Gasteiger partial charge in [-0.05, 0) is 94.6 Å². The average Bonchev–Trinajstić information content (AvgIpc) is 2.62. The molecule has 5 heteroatoms. The second-order valence-electron chi connectivity index (χ2n) is 10.5. The lowest BCUT2D eigenvalue weighted by molar-refractivity contribution is -0.157. The predicted molar refractivity (Wildman–Crippen MR) is 111 cm³/mol. The van der Waals surface area contributed by atoms with E-state index in [2.05, 4.69) is 5.32 Å². The van der Waals surface area contributed by atoms with Crippen LogP contribution in [0.1, 0.15) is 69.7 Å². The minimum absolute atomic E-state index is 0.125. The molecule has 0 heterocycles. The van der Waals surface area contributed by atoms with Crippen LogP contribution in [0.3, 0.4) is 0 Å². The fourth-order valence-corrected chi connectivity index (χ4v) is 6.16. The number of carbonyl (C=O) groups excluding carboxylic acids is 2. The number of hydrogen-bond acceptors (Lipinski definition) is 4. The zero-order valence-electron chi connectivity index (χ0n) is 17.8. The summed E-state index contributed by atoms with van der Waals surface area (Å²) in [5.41, 5.74) is 0.201. The van der Waals surface area contributed by atoms with E-state index < -0.39 is 11.6 Å². The Labute approximate surface area is 173 Å². The number of nitrogens with one attached hydrogen (secondary N) is 1. The van der Waals surface area contributed by atoms with Gasteiger partial charge in [-0.15, -0.1) is 0 Å². The van der Waals surface area contributed by atoms with Crippen LogP contribution in [0.4, 0.5) is 0 Å². The van der Waals surface area contributed by atoms with Crippen LogP contribution >= 0.6 is 0 Å². The molecule has 4 bridgehead atoms. The van der Waals surface area contributed by atoms with E-state index in [0.29, 0.717) is 11.3 Å². The van der Waals surface area contributed by atoms with Crippen molar-refractivity contribution in [2.24, 2.45) is 23.2 Å². The van der Waals surface area contributed by atoms with E-state index in [4.69, 9.17) is 9.47 Å². The van der Waals surface area contributed by atoms with Crippen molar-refractivity contribution < 1.29 is 19.1 Å². The number of amides is 1. The molecule has 1 N–H and O–H groups in total. The third-order valence-electron chi connectivity index (χ3n) is 6.69. The Morgan fingerprint density at radius 3 is 2.21 bits per heavy atom. The normalized spacial score (nSPS) is 30.1. The molecule has 1 aromatic carbocycles. The van der Waals surface area contributed by atoms with Crippen molar-refractivity contribution in [1.82, 2.24) is 5.32 Å². The summed E-state index contributed by atoms with van der Waals surface area (Å²) in [4.78, 5) is 24.9. The van der Waals surface area contributed by atoms with Crippen molar-refractivity contribution in [3.63, 3.8) is 0 Å². The maximum atomic E-state index is 12.9. The summed E-state index contributed by atoms with van der Waals surface area (Å²) in [5.74, 6) is 2.44. The minimum atomic E-state index is -0.560. The highest BCUT2D eigenvalue weighted by Crippen LogP contribution is 2.59. The first-order chi connectivity index (χ1) is 13.7. The van der Waals surface area contributed by atoms with E-state index in [1.54, 1.807) is 18.2 Å². The second kappa shape index (κ2) is 7.66. The van der Waals surface area contributed by atoms with Gasteiger partial charge in [0.2, 0.25) is 0 Å². The first-order valence-corrected chi connectivity index (χ1v) is 10.9. The lowest BCUT2D eigenvalue weighted by atomic mass is 9.49. The van der Waals surface area contributed by atoms with Crippen LogP contribution in [0.5, 0.6) is 5.75 Å². The second-order valence-corrected chi connectivity index (χ2v) is 10.5. The Hall–Kier alpha value is -2.04. The van der Waals surface area contributed by atoms with Gasteiger partial charge in [0.15, 0.2) is 6.61 Å². The van der Waals surface area contributed by atoms with Gasteiger partial charge in [0.1, 0.15) is 11.4 Å². The molecule has 158 valence electrons. The number of rotatable bonds is 6. The van der Waals surface area contributed by atoms with Crippen molar-refractivity contribution in [3.05, 3.63) is 29.8 Å². The highest BCUT2D eigenvalue weighted by molar-refractivity contribution is 5.97. The topological polar surface area (TPSA) is 64.6 Å². The number of ether oxygens (including phenoxy) is 2. The van der Waals surface area contributed by atoms with E-state index in [-0.39, 0.29) is 17.9 Å². The van der Waals surface area contributed by atoms with Gasteiger partial charge in [-0.2, -0.15) is 0 Å². The molecule has 0 radical (unpaired) electrons. The third-order valence-corrected chi connectivity index (χ3v) is 6.69. The average molecular weight is 400 g/mol. The summed E-state index contributed by atoms with van der Waals surface area (Å²) in [6.45, 7) is 5.98. The molecule has 0 atom stereocenters. The molecule has 0 saturated heterocycles. The fraction of sp³-hybridized carbons (Fsp3) is 0.667. The van der Waals surface area contributed by atoms with E-state index in [1.807, 2.05) is 26.8 Å². The number of hydrogen-bond donors (Lipinski definition) is 1. The molecule has 4 aliphatic carbocycles. The summed E-state index contributed by atoms with van der Waals surface area (Å²) < 4.78 is 10.9. The molecule has 4 aliphatic rings. The predicted octanol–water partition coefficient (Wildman–Crippen LogP) is 4.35. The Balaban J connectivity index is 1.36. The zero-order chi connectivity index (χ0) is 20.6. The molecule has 0 unspecified atom stereocenters. The molecular weight excluding hydrogens is 366 g/mol. The van der Waals surface area contributed by atoms with E-state index in [1.165, 1.54) is 38.5 Å². The van der Waals surface area contributed by atoms with Crippen LogP contribution < -0.4 is 10.1 Å². The molecule has 0 spiro atoms. The van der Waals surface area contributed by atoms with Crippen LogP contribution in [0.15, 0.2) is 24.3 Å². The largest absolute Gasteiger partial charge is 0.481 e. The van der Waals surface area contributed by atoms with E-state index in [9.17, 15) is 9.59 Å². The minimum Gasteiger partial charge on any atom is -0.481 e. The molecule has 29 heavy (non-hydrogen) atoms. The standard InChI is InChI=1S/C24H33NO4/c1-23(2,3)29-21(26)14-28-20-7-5-4-6-19(20)22(27)25-15-24-11-16-8-17(12-24)10-18(9-16)13-24/h4-7,16-18H,8-15H2,1-3H3,(H,25,27). The highest BCUT2D eigenvalue weighted by atomic mass is 16.6. The SMILES string of the molecule is CC(C)(C)OC(=O)COc1ccccc1C(=O)NCC12CC3CC(CC(C3)C1)C2.